The van der Waals surface area contributed by atoms with Gasteiger partial charge in [-0.05, 0) is 55.0 Å². The van der Waals surface area contributed by atoms with Crippen molar-refractivity contribution in [2.24, 2.45) is 0 Å². The zero-order valence-electron chi connectivity index (χ0n) is 15.7. The van der Waals surface area contributed by atoms with Gasteiger partial charge in [-0.1, -0.05) is 29.3 Å². The lowest BCUT2D eigenvalue weighted by molar-refractivity contribution is -0.118. The van der Waals surface area contributed by atoms with Crippen LogP contribution in [0, 0.1) is 6.92 Å². The maximum atomic E-state index is 13.1. The number of hydrogen-bond donors (Lipinski definition) is 1. The minimum atomic E-state index is -0.468. The first-order valence-electron chi connectivity index (χ1n) is 8.91. The van der Waals surface area contributed by atoms with Crippen LogP contribution >= 0.6 is 23.2 Å². The van der Waals surface area contributed by atoms with Crippen LogP contribution in [0.2, 0.25) is 10.0 Å². The van der Waals surface area contributed by atoms with Gasteiger partial charge in [0.2, 0.25) is 16.9 Å². The van der Waals surface area contributed by atoms with Gasteiger partial charge >= 0.3 is 0 Å². The van der Waals surface area contributed by atoms with Crippen molar-refractivity contribution in [2.75, 3.05) is 11.9 Å². The molecule has 0 aliphatic carbocycles. The number of aryl methyl sites for hydroxylation is 1. The Hall–Kier alpha value is -3.22. The molecule has 0 unspecified atom stereocenters. The van der Waals surface area contributed by atoms with E-state index in [1.165, 1.54) is 12.3 Å². The van der Waals surface area contributed by atoms with Crippen molar-refractivity contribution in [3.05, 3.63) is 80.6 Å². The molecule has 4 rings (SSSR count). The van der Waals surface area contributed by atoms with Crippen LogP contribution in [0.4, 0.5) is 5.69 Å². The minimum absolute atomic E-state index is 0.0924. The van der Waals surface area contributed by atoms with Crippen LogP contribution in [-0.4, -0.2) is 12.5 Å². The number of fused-ring (bicyclic) bond motifs is 1. The molecule has 6 nitrogen and oxygen atoms in total. The zero-order chi connectivity index (χ0) is 21.3. The summed E-state index contributed by atoms with van der Waals surface area (Å²) in [5, 5.41) is 3.80. The fourth-order valence-electron chi connectivity index (χ4n) is 2.90. The molecule has 1 N–H and O–H groups in total. The molecule has 0 atom stereocenters. The van der Waals surface area contributed by atoms with Gasteiger partial charge in [0.15, 0.2) is 12.4 Å². The number of ether oxygens (including phenoxy) is 1. The molecule has 0 saturated carbocycles. The molecule has 8 heteroatoms. The van der Waals surface area contributed by atoms with Crippen molar-refractivity contribution in [1.29, 1.82) is 0 Å². The number of carbonyl (C=O) groups is 1. The van der Waals surface area contributed by atoms with E-state index in [2.05, 4.69) is 5.32 Å². The van der Waals surface area contributed by atoms with Gasteiger partial charge in [-0.25, -0.2) is 0 Å². The Kier molecular flexibility index (Phi) is 5.53. The highest BCUT2D eigenvalue weighted by Crippen LogP contribution is 2.33. The third kappa shape index (κ3) is 4.06. The fourth-order valence-corrected chi connectivity index (χ4v) is 3.25. The quantitative estimate of drug-likeness (QED) is 0.428. The first kappa shape index (κ1) is 20.1. The summed E-state index contributed by atoms with van der Waals surface area (Å²) in [5.41, 5.74) is 1.14. The molecule has 0 fully saturated rings. The Morgan fingerprint density at radius 3 is 2.70 bits per heavy atom. The average Bonchev–Trinajstić information content (AvgIpc) is 3.23. The van der Waals surface area contributed by atoms with Crippen LogP contribution in [-0.2, 0) is 4.79 Å². The van der Waals surface area contributed by atoms with Crippen molar-refractivity contribution in [2.45, 2.75) is 6.92 Å². The lowest BCUT2D eigenvalue weighted by atomic mass is 10.1. The van der Waals surface area contributed by atoms with Gasteiger partial charge in [0, 0.05) is 15.7 Å². The van der Waals surface area contributed by atoms with E-state index in [9.17, 15) is 9.59 Å². The summed E-state index contributed by atoms with van der Waals surface area (Å²) in [6.45, 7) is 1.38. The molecule has 2 aromatic heterocycles. The van der Waals surface area contributed by atoms with Gasteiger partial charge in [0.1, 0.15) is 5.58 Å². The number of amides is 1. The molecule has 0 saturated heterocycles. The number of furan rings is 1. The number of halogens is 2. The molecule has 0 bridgehead atoms. The maximum absolute atomic E-state index is 13.1. The number of anilines is 1. The predicted octanol–water partition coefficient (Wildman–Crippen LogP) is 5.69. The highest BCUT2D eigenvalue weighted by molar-refractivity contribution is 6.32. The number of rotatable bonds is 5. The molecule has 0 aliphatic heterocycles. The van der Waals surface area contributed by atoms with E-state index < -0.39 is 17.9 Å². The second kappa shape index (κ2) is 8.26. The van der Waals surface area contributed by atoms with E-state index in [0.29, 0.717) is 27.1 Å². The lowest BCUT2D eigenvalue weighted by Crippen LogP contribution is -2.22. The standard InChI is InChI=1S/C22H15Cl2NO5/c1-12-8-18-15(10-16(12)24)20(27)22(21(30-18)17-6-3-7-28-17)29-11-19(26)25-14-5-2-4-13(23)9-14/h2-10H,11H2,1H3,(H,25,26). The van der Waals surface area contributed by atoms with Crippen molar-refractivity contribution in [1.82, 2.24) is 0 Å². The van der Waals surface area contributed by atoms with Gasteiger partial charge < -0.3 is 18.9 Å². The molecular formula is C22H15Cl2NO5. The molecule has 2 heterocycles. The van der Waals surface area contributed by atoms with Crippen molar-refractivity contribution >= 4 is 45.8 Å². The van der Waals surface area contributed by atoms with Crippen LogP contribution < -0.4 is 15.5 Å². The number of hydrogen-bond acceptors (Lipinski definition) is 5. The largest absolute Gasteiger partial charge is 0.476 e. The molecule has 4 aromatic rings. The molecular weight excluding hydrogens is 429 g/mol. The number of carbonyl (C=O) groups excluding carboxylic acids is 1. The van der Waals surface area contributed by atoms with E-state index in [1.54, 1.807) is 49.4 Å². The number of nitrogens with one attached hydrogen (secondary N) is 1. The van der Waals surface area contributed by atoms with E-state index in [4.69, 9.17) is 36.8 Å². The highest BCUT2D eigenvalue weighted by Gasteiger charge is 2.21. The van der Waals surface area contributed by atoms with Gasteiger partial charge in [-0.15, -0.1) is 0 Å². The number of benzene rings is 2. The van der Waals surface area contributed by atoms with Crippen LogP contribution in [0.3, 0.4) is 0 Å². The average molecular weight is 444 g/mol. The molecule has 2 aromatic carbocycles. The normalized spacial score (nSPS) is 10.9. The molecule has 0 aliphatic rings. The van der Waals surface area contributed by atoms with Gasteiger partial charge in [-0.2, -0.15) is 0 Å². The van der Waals surface area contributed by atoms with Gasteiger partial charge in [-0.3, -0.25) is 9.59 Å². The Morgan fingerprint density at radius 2 is 1.97 bits per heavy atom. The Balaban J connectivity index is 1.69. The van der Waals surface area contributed by atoms with Crippen molar-refractivity contribution < 1.29 is 18.4 Å². The van der Waals surface area contributed by atoms with E-state index in [-0.39, 0.29) is 16.9 Å². The third-order valence-corrected chi connectivity index (χ3v) is 4.97. The van der Waals surface area contributed by atoms with Crippen LogP contribution in [0.15, 0.2) is 68.4 Å². The summed E-state index contributed by atoms with van der Waals surface area (Å²) < 4.78 is 16.9. The molecule has 0 radical (unpaired) electrons. The molecule has 0 spiro atoms. The van der Waals surface area contributed by atoms with Gasteiger partial charge in [0.25, 0.3) is 5.91 Å². The molecule has 152 valence electrons. The van der Waals surface area contributed by atoms with E-state index >= 15 is 0 Å². The summed E-state index contributed by atoms with van der Waals surface area (Å²) in [4.78, 5) is 25.4. The predicted molar refractivity (Wildman–Crippen MR) is 116 cm³/mol. The summed E-state index contributed by atoms with van der Waals surface area (Å²) in [6, 6.07) is 13.2. The summed E-state index contributed by atoms with van der Waals surface area (Å²) in [6.07, 6.45) is 1.45. The van der Waals surface area contributed by atoms with E-state index in [1.807, 2.05) is 0 Å². The zero-order valence-corrected chi connectivity index (χ0v) is 17.2. The Bertz CT molecular complexity index is 1300. The SMILES string of the molecule is Cc1cc2oc(-c3ccco3)c(OCC(=O)Nc3cccc(Cl)c3)c(=O)c2cc1Cl. The highest BCUT2D eigenvalue weighted by atomic mass is 35.5. The second-order valence-electron chi connectivity index (χ2n) is 6.51. The Labute approximate surface area is 181 Å². The van der Waals surface area contributed by atoms with E-state index in [0.717, 1.165) is 5.56 Å². The third-order valence-electron chi connectivity index (χ3n) is 4.33. The van der Waals surface area contributed by atoms with Crippen LogP contribution in [0.25, 0.3) is 22.5 Å². The fraction of sp³-hybridized carbons (Fsp3) is 0.0909. The van der Waals surface area contributed by atoms with Crippen LogP contribution in [0.1, 0.15) is 5.56 Å². The van der Waals surface area contributed by atoms with Crippen molar-refractivity contribution in [3.8, 4) is 17.3 Å². The summed E-state index contributed by atoms with van der Waals surface area (Å²) >= 11 is 12.1. The summed E-state index contributed by atoms with van der Waals surface area (Å²) in [7, 11) is 0. The lowest BCUT2D eigenvalue weighted by Gasteiger charge is -2.11. The molecule has 1 amide bonds. The second-order valence-corrected chi connectivity index (χ2v) is 7.36. The first-order chi connectivity index (χ1) is 14.4. The summed E-state index contributed by atoms with van der Waals surface area (Å²) in [5.74, 6) is -0.218. The monoisotopic (exact) mass is 443 g/mol. The molecule has 30 heavy (non-hydrogen) atoms. The Morgan fingerprint density at radius 1 is 1.13 bits per heavy atom. The smallest absolute Gasteiger partial charge is 0.262 e. The topological polar surface area (TPSA) is 81.7 Å². The first-order valence-corrected chi connectivity index (χ1v) is 9.67. The van der Waals surface area contributed by atoms with Crippen LogP contribution in [0.5, 0.6) is 5.75 Å². The minimum Gasteiger partial charge on any atom is -0.476 e. The van der Waals surface area contributed by atoms with Gasteiger partial charge in [0.05, 0.1) is 11.6 Å². The maximum Gasteiger partial charge on any atom is 0.262 e. The van der Waals surface area contributed by atoms with Crippen molar-refractivity contribution in [3.63, 3.8) is 0 Å².